The number of anilines is 1. The molecule has 5 nitrogen and oxygen atoms in total. The number of nitrogens with zero attached hydrogens (tertiary/aromatic N) is 4. The Kier molecular flexibility index (Phi) is 5.11. The first-order valence-electron chi connectivity index (χ1n) is 7.62. The third-order valence-corrected chi connectivity index (χ3v) is 4.07. The zero-order chi connectivity index (χ0) is 17.2. The molecule has 0 aliphatic carbocycles. The molecule has 0 atom stereocenters. The number of rotatable bonds is 3. The van der Waals surface area contributed by atoms with E-state index in [1.165, 1.54) is 0 Å². The van der Waals surface area contributed by atoms with Gasteiger partial charge in [-0.25, -0.2) is 9.97 Å². The zero-order valence-corrected chi connectivity index (χ0v) is 13.5. The first-order valence-corrected chi connectivity index (χ1v) is 7.62. The number of piperidine rings is 1. The van der Waals surface area contributed by atoms with Gasteiger partial charge in [0.25, 0.3) is 0 Å². The second kappa shape index (κ2) is 6.72. The van der Waals surface area contributed by atoms with Crippen molar-refractivity contribution in [3.8, 4) is 0 Å². The molecule has 128 valence electrons. The number of carbonyl (C=O) groups excluding carboxylic acids is 1. The molecule has 0 spiro atoms. The van der Waals surface area contributed by atoms with Crippen molar-refractivity contribution in [2.45, 2.75) is 38.9 Å². The van der Waals surface area contributed by atoms with Gasteiger partial charge in [0.15, 0.2) is 0 Å². The second-order valence-corrected chi connectivity index (χ2v) is 6.06. The van der Waals surface area contributed by atoms with E-state index in [0.29, 0.717) is 25.9 Å². The van der Waals surface area contributed by atoms with Gasteiger partial charge in [-0.3, -0.25) is 4.79 Å². The summed E-state index contributed by atoms with van der Waals surface area (Å²) < 4.78 is 38.1. The van der Waals surface area contributed by atoms with Crippen LogP contribution in [0.15, 0.2) is 12.3 Å². The summed E-state index contributed by atoms with van der Waals surface area (Å²) in [5, 5.41) is 0. The van der Waals surface area contributed by atoms with E-state index in [1.807, 2.05) is 13.8 Å². The predicted octanol–water partition coefficient (Wildman–Crippen LogP) is 2.58. The molecule has 1 saturated heterocycles. The highest BCUT2D eigenvalue weighted by Gasteiger charge is 2.34. The lowest BCUT2D eigenvalue weighted by molar-refractivity contribution is -0.141. The molecule has 0 N–H and O–H groups in total. The van der Waals surface area contributed by atoms with Crippen LogP contribution in [0.3, 0.4) is 0 Å². The summed E-state index contributed by atoms with van der Waals surface area (Å²) in [5.74, 6) is 0.111. The summed E-state index contributed by atoms with van der Waals surface area (Å²) in [4.78, 5) is 23.0. The number of halogens is 3. The molecule has 0 saturated carbocycles. The van der Waals surface area contributed by atoms with Crippen LogP contribution in [0.1, 0.15) is 32.4 Å². The summed E-state index contributed by atoms with van der Waals surface area (Å²) in [7, 11) is 1.78. The average Bonchev–Trinajstić information content (AvgIpc) is 2.53. The van der Waals surface area contributed by atoms with Crippen molar-refractivity contribution in [1.82, 2.24) is 14.9 Å². The minimum Gasteiger partial charge on any atom is -0.342 e. The first kappa shape index (κ1) is 17.5. The maximum Gasteiger partial charge on any atom is 0.433 e. The molecule has 1 aliphatic heterocycles. The highest BCUT2D eigenvalue weighted by atomic mass is 19.4. The van der Waals surface area contributed by atoms with Crippen molar-refractivity contribution < 1.29 is 18.0 Å². The fourth-order valence-electron chi connectivity index (χ4n) is 2.70. The SMILES string of the molecule is CC(C)C(=O)N(C)C1CCN(c2nccc(C(F)(F)F)n2)CC1. The van der Waals surface area contributed by atoms with Gasteiger partial charge >= 0.3 is 6.18 Å². The van der Waals surface area contributed by atoms with Gasteiger partial charge in [-0.15, -0.1) is 0 Å². The molecular weight excluding hydrogens is 309 g/mol. The van der Waals surface area contributed by atoms with E-state index in [2.05, 4.69) is 9.97 Å². The number of hydrogen-bond acceptors (Lipinski definition) is 4. The van der Waals surface area contributed by atoms with Gasteiger partial charge < -0.3 is 9.80 Å². The lowest BCUT2D eigenvalue weighted by atomic mass is 10.0. The second-order valence-electron chi connectivity index (χ2n) is 6.06. The molecule has 2 heterocycles. The topological polar surface area (TPSA) is 49.3 Å². The summed E-state index contributed by atoms with van der Waals surface area (Å²) in [6.07, 6.45) is -1.96. The minimum atomic E-state index is -4.47. The van der Waals surface area contributed by atoms with Crippen LogP contribution in [-0.4, -0.2) is 47.0 Å². The molecule has 1 aliphatic rings. The lowest BCUT2D eigenvalue weighted by Crippen LogP contribution is -2.47. The third kappa shape index (κ3) is 4.11. The Morgan fingerprint density at radius 1 is 1.35 bits per heavy atom. The Hall–Kier alpha value is -1.86. The number of amides is 1. The molecular formula is C15H21F3N4O. The van der Waals surface area contributed by atoms with E-state index in [9.17, 15) is 18.0 Å². The molecule has 2 rings (SSSR count). The van der Waals surface area contributed by atoms with E-state index >= 15 is 0 Å². The van der Waals surface area contributed by atoms with E-state index in [0.717, 1.165) is 12.3 Å². The average molecular weight is 330 g/mol. The molecule has 1 aromatic heterocycles. The van der Waals surface area contributed by atoms with Gasteiger partial charge in [-0.1, -0.05) is 13.8 Å². The zero-order valence-electron chi connectivity index (χ0n) is 13.5. The normalized spacial score (nSPS) is 16.7. The molecule has 0 aromatic carbocycles. The van der Waals surface area contributed by atoms with Crippen molar-refractivity contribution in [2.24, 2.45) is 5.92 Å². The number of aromatic nitrogens is 2. The van der Waals surface area contributed by atoms with Gasteiger partial charge in [0.2, 0.25) is 11.9 Å². The van der Waals surface area contributed by atoms with E-state index in [4.69, 9.17) is 0 Å². The lowest BCUT2D eigenvalue weighted by Gasteiger charge is -2.37. The van der Waals surface area contributed by atoms with Gasteiger partial charge in [0.1, 0.15) is 5.69 Å². The molecule has 23 heavy (non-hydrogen) atoms. The van der Waals surface area contributed by atoms with Crippen LogP contribution in [0.25, 0.3) is 0 Å². The molecule has 0 unspecified atom stereocenters. The van der Waals surface area contributed by atoms with Crippen LogP contribution in [0, 0.1) is 5.92 Å². The Bertz CT molecular complexity index is 554. The fraction of sp³-hybridized carbons (Fsp3) is 0.667. The van der Waals surface area contributed by atoms with Gasteiger partial charge in [-0.05, 0) is 18.9 Å². The Morgan fingerprint density at radius 3 is 2.48 bits per heavy atom. The standard InChI is InChI=1S/C15H21F3N4O/c1-10(2)13(23)21(3)11-5-8-22(9-6-11)14-19-7-4-12(20-14)15(16,17)18/h4,7,10-11H,5-6,8-9H2,1-3H3. The predicted molar refractivity (Wildman–Crippen MR) is 79.9 cm³/mol. The van der Waals surface area contributed by atoms with Crippen LogP contribution < -0.4 is 4.90 Å². The van der Waals surface area contributed by atoms with Gasteiger partial charge in [0, 0.05) is 38.3 Å². The molecule has 1 amide bonds. The van der Waals surface area contributed by atoms with Crippen molar-refractivity contribution in [3.63, 3.8) is 0 Å². The summed E-state index contributed by atoms with van der Waals surface area (Å²) >= 11 is 0. The van der Waals surface area contributed by atoms with Crippen LogP contribution in [-0.2, 0) is 11.0 Å². The van der Waals surface area contributed by atoms with Crippen molar-refractivity contribution in [2.75, 3.05) is 25.0 Å². The van der Waals surface area contributed by atoms with Gasteiger partial charge in [0.05, 0.1) is 0 Å². The number of alkyl halides is 3. The fourth-order valence-corrected chi connectivity index (χ4v) is 2.70. The maximum atomic E-state index is 12.7. The van der Waals surface area contributed by atoms with Gasteiger partial charge in [-0.2, -0.15) is 13.2 Å². The van der Waals surface area contributed by atoms with Crippen LogP contribution in [0.2, 0.25) is 0 Å². The highest BCUT2D eigenvalue weighted by Crippen LogP contribution is 2.29. The van der Waals surface area contributed by atoms with E-state index < -0.39 is 11.9 Å². The van der Waals surface area contributed by atoms with Crippen molar-refractivity contribution in [3.05, 3.63) is 18.0 Å². The smallest absolute Gasteiger partial charge is 0.342 e. The maximum absolute atomic E-state index is 12.7. The molecule has 1 aromatic rings. The van der Waals surface area contributed by atoms with E-state index in [-0.39, 0.29) is 23.8 Å². The number of carbonyl (C=O) groups is 1. The Morgan fingerprint density at radius 2 is 1.96 bits per heavy atom. The van der Waals surface area contributed by atoms with Crippen LogP contribution in [0.5, 0.6) is 0 Å². The Labute approximate surface area is 133 Å². The summed E-state index contributed by atoms with van der Waals surface area (Å²) in [6, 6.07) is 0.970. The number of hydrogen-bond donors (Lipinski definition) is 0. The first-order chi connectivity index (χ1) is 10.7. The van der Waals surface area contributed by atoms with E-state index in [1.54, 1.807) is 16.8 Å². The molecule has 0 radical (unpaired) electrons. The summed E-state index contributed by atoms with van der Waals surface area (Å²) in [6.45, 7) is 4.76. The molecule has 0 bridgehead atoms. The quantitative estimate of drug-likeness (QED) is 0.855. The van der Waals surface area contributed by atoms with Crippen LogP contribution in [0.4, 0.5) is 19.1 Å². The largest absolute Gasteiger partial charge is 0.433 e. The minimum absolute atomic E-state index is 0.0650. The highest BCUT2D eigenvalue weighted by molar-refractivity contribution is 5.78. The van der Waals surface area contributed by atoms with Crippen molar-refractivity contribution in [1.29, 1.82) is 0 Å². The summed E-state index contributed by atoms with van der Waals surface area (Å²) in [5.41, 5.74) is -0.934. The molecule has 8 heteroatoms. The Balaban J connectivity index is 2.01. The molecule has 1 fully saturated rings. The monoisotopic (exact) mass is 330 g/mol. The van der Waals surface area contributed by atoms with Crippen LogP contribution >= 0.6 is 0 Å². The van der Waals surface area contributed by atoms with Crippen molar-refractivity contribution >= 4 is 11.9 Å². The third-order valence-electron chi connectivity index (χ3n) is 4.07.